The molecule has 0 amide bonds. The number of nitrogens with one attached hydrogen (secondary N) is 1. The van der Waals surface area contributed by atoms with Gasteiger partial charge in [0.2, 0.25) is 0 Å². The first-order chi connectivity index (χ1) is 8.85. The Morgan fingerprint density at radius 3 is 2.58 bits per heavy atom. The summed E-state index contributed by atoms with van der Waals surface area (Å²) in [6, 6.07) is 0. The van der Waals surface area contributed by atoms with Crippen molar-refractivity contribution in [2.24, 2.45) is 0 Å². The highest BCUT2D eigenvalue weighted by atomic mass is 19.4. The van der Waals surface area contributed by atoms with E-state index in [4.69, 9.17) is 0 Å². The number of rotatable bonds is 7. The van der Waals surface area contributed by atoms with Crippen LogP contribution in [0.5, 0.6) is 0 Å². The first-order valence-corrected chi connectivity index (χ1v) is 6.17. The lowest BCUT2D eigenvalue weighted by molar-refractivity contribution is -0.174. The fraction of sp³-hybridized carbons (Fsp3) is 0.750. The van der Waals surface area contributed by atoms with E-state index in [0.29, 0.717) is 13.0 Å². The third-order valence-corrected chi connectivity index (χ3v) is 2.81. The van der Waals surface area contributed by atoms with Crippen LogP contribution in [0.2, 0.25) is 0 Å². The molecule has 0 aliphatic carbocycles. The van der Waals surface area contributed by atoms with E-state index in [1.54, 1.807) is 0 Å². The van der Waals surface area contributed by atoms with E-state index in [1.165, 1.54) is 0 Å². The van der Waals surface area contributed by atoms with Gasteiger partial charge in [-0.1, -0.05) is 0 Å². The van der Waals surface area contributed by atoms with Crippen molar-refractivity contribution >= 4 is 0 Å². The van der Waals surface area contributed by atoms with Crippen molar-refractivity contribution in [3.05, 3.63) is 17.0 Å². The van der Waals surface area contributed by atoms with Crippen LogP contribution in [0.15, 0.2) is 0 Å². The van der Waals surface area contributed by atoms with E-state index < -0.39 is 12.8 Å². The van der Waals surface area contributed by atoms with Crippen molar-refractivity contribution in [2.75, 3.05) is 20.3 Å². The molecule has 1 aromatic heterocycles. The Morgan fingerprint density at radius 1 is 1.32 bits per heavy atom. The highest BCUT2D eigenvalue weighted by Gasteiger charge is 2.27. The van der Waals surface area contributed by atoms with Crippen LogP contribution >= 0.6 is 0 Å². The number of halogens is 3. The molecule has 0 unspecified atom stereocenters. The molecule has 1 heterocycles. The molecular weight excluding hydrogens is 259 g/mol. The third-order valence-electron chi connectivity index (χ3n) is 2.81. The molecule has 0 aliphatic rings. The normalized spacial score (nSPS) is 12.1. The van der Waals surface area contributed by atoms with Crippen LogP contribution < -0.4 is 5.32 Å². The van der Waals surface area contributed by atoms with Crippen LogP contribution in [0.25, 0.3) is 0 Å². The van der Waals surface area contributed by atoms with Crippen molar-refractivity contribution in [3.63, 3.8) is 0 Å². The SMILES string of the molecule is CNCc1c(C)nn(CCCOCC(F)(F)F)c1C. The van der Waals surface area contributed by atoms with E-state index in [0.717, 1.165) is 23.5 Å². The molecule has 110 valence electrons. The van der Waals surface area contributed by atoms with Crippen LogP contribution in [0.3, 0.4) is 0 Å². The van der Waals surface area contributed by atoms with Gasteiger partial charge < -0.3 is 10.1 Å². The van der Waals surface area contributed by atoms with Gasteiger partial charge in [0.15, 0.2) is 0 Å². The molecule has 0 atom stereocenters. The third kappa shape index (κ3) is 5.20. The molecule has 1 aromatic rings. The summed E-state index contributed by atoms with van der Waals surface area (Å²) in [5, 5.41) is 7.44. The van der Waals surface area contributed by atoms with Crippen LogP contribution in [-0.2, 0) is 17.8 Å². The Bertz CT molecular complexity index is 402. The summed E-state index contributed by atoms with van der Waals surface area (Å²) in [5.74, 6) is 0. The Labute approximate surface area is 110 Å². The molecule has 0 bridgehead atoms. The van der Waals surface area contributed by atoms with E-state index in [-0.39, 0.29) is 6.61 Å². The summed E-state index contributed by atoms with van der Waals surface area (Å²) in [7, 11) is 1.86. The number of aromatic nitrogens is 2. The Kier molecular flexibility index (Phi) is 5.81. The van der Waals surface area contributed by atoms with E-state index in [2.05, 4.69) is 15.2 Å². The number of ether oxygens (including phenoxy) is 1. The monoisotopic (exact) mass is 279 g/mol. The zero-order valence-corrected chi connectivity index (χ0v) is 11.5. The van der Waals surface area contributed by atoms with Crippen molar-refractivity contribution in [1.29, 1.82) is 0 Å². The number of nitrogens with zero attached hydrogens (tertiary/aromatic N) is 2. The second kappa shape index (κ2) is 6.91. The molecular formula is C12H20F3N3O. The van der Waals surface area contributed by atoms with Crippen LogP contribution in [0.1, 0.15) is 23.4 Å². The van der Waals surface area contributed by atoms with Crippen molar-refractivity contribution < 1.29 is 17.9 Å². The second-order valence-corrected chi connectivity index (χ2v) is 4.42. The zero-order chi connectivity index (χ0) is 14.5. The predicted molar refractivity (Wildman–Crippen MR) is 66.0 cm³/mol. The first kappa shape index (κ1) is 16.0. The second-order valence-electron chi connectivity index (χ2n) is 4.42. The maximum Gasteiger partial charge on any atom is 0.411 e. The molecule has 4 nitrogen and oxygen atoms in total. The van der Waals surface area contributed by atoms with E-state index in [9.17, 15) is 13.2 Å². The maximum absolute atomic E-state index is 11.9. The Balaban J connectivity index is 2.40. The van der Waals surface area contributed by atoms with Gasteiger partial charge >= 0.3 is 6.18 Å². The molecule has 0 aliphatic heterocycles. The van der Waals surface area contributed by atoms with Gasteiger partial charge in [0.1, 0.15) is 6.61 Å². The molecule has 1 rings (SSSR count). The van der Waals surface area contributed by atoms with Crippen molar-refractivity contribution in [1.82, 2.24) is 15.1 Å². The van der Waals surface area contributed by atoms with Crippen molar-refractivity contribution in [3.8, 4) is 0 Å². The molecule has 0 saturated heterocycles. The summed E-state index contributed by atoms with van der Waals surface area (Å²) >= 11 is 0. The summed E-state index contributed by atoms with van der Waals surface area (Å²) in [6.07, 6.45) is -3.74. The molecule has 7 heteroatoms. The quantitative estimate of drug-likeness (QED) is 0.778. The van der Waals surface area contributed by atoms with Gasteiger partial charge in [0.05, 0.1) is 5.69 Å². The van der Waals surface area contributed by atoms with Gasteiger partial charge in [-0.25, -0.2) is 0 Å². The fourth-order valence-corrected chi connectivity index (χ4v) is 1.89. The van der Waals surface area contributed by atoms with E-state index >= 15 is 0 Å². The molecule has 0 fully saturated rings. The largest absolute Gasteiger partial charge is 0.411 e. The van der Waals surface area contributed by atoms with E-state index in [1.807, 2.05) is 25.6 Å². The minimum Gasteiger partial charge on any atom is -0.372 e. The summed E-state index contributed by atoms with van der Waals surface area (Å²) in [4.78, 5) is 0. The number of hydrogen-bond donors (Lipinski definition) is 1. The molecule has 19 heavy (non-hydrogen) atoms. The lowest BCUT2D eigenvalue weighted by Crippen LogP contribution is -2.18. The average Bonchev–Trinajstić information content (AvgIpc) is 2.55. The van der Waals surface area contributed by atoms with Gasteiger partial charge in [0.25, 0.3) is 0 Å². The topological polar surface area (TPSA) is 39.1 Å². The Morgan fingerprint density at radius 2 is 2.00 bits per heavy atom. The lowest BCUT2D eigenvalue weighted by atomic mass is 10.2. The molecule has 0 radical (unpaired) electrons. The van der Waals surface area contributed by atoms with Gasteiger partial charge in [-0.15, -0.1) is 0 Å². The van der Waals surface area contributed by atoms with Crippen LogP contribution in [0, 0.1) is 13.8 Å². The van der Waals surface area contributed by atoms with Gasteiger partial charge in [-0.2, -0.15) is 18.3 Å². The summed E-state index contributed by atoms with van der Waals surface area (Å²) in [6.45, 7) is 4.09. The molecule has 0 saturated carbocycles. The minimum absolute atomic E-state index is 0.0826. The number of alkyl halides is 3. The molecule has 1 N–H and O–H groups in total. The average molecular weight is 279 g/mol. The van der Waals surface area contributed by atoms with Gasteiger partial charge in [-0.3, -0.25) is 4.68 Å². The smallest absolute Gasteiger partial charge is 0.372 e. The van der Waals surface area contributed by atoms with Crippen LogP contribution in [-0.4, -0.2) is 36.2 Å². The highest BCUT2D eigenvalue weighted by molar-refractivity contribution is 5.24. The maximum atomic E-state index is 11.9. The van der Waals surface area contributed by atoms with Crippen molar-refractivity contribution in [2.45, 2.75) is 39.5 Å². The van der Waals surface area contributed by atoms with Crippen LogP contribution in [0.4, 0.5) is 13.2 Å². The first-order valence-electron chi connectivity index (χ1n) is 6.17. The standard InChI is InChI=1S/C12H20F3N3O/c1-9-11(7-16-3)10(2)18(17-9)5-4-6-19-8-12(13,14)15/h16H,4-8H2,1-3H3. The summed E-state index contributed by atoms with van der Waals surface area (Å²) < 4.78 is 42.0. The molecule has 0 spiro atoms. The summed E-state index contributed by atoms with van der Waals surface area (Å²) in [5.41, 5.74) is 3.13. The lowest BCUT2D eigenvalue weighted by Gasteiger charge is -2.08. The molecule has 0 aromatic carbocycles. The zero-order valence-electron chi connectivity index (χ0n) is 11.5. The minimum atomic E-state index is -4.25. The fourth-order valence-electron chi connectivity index (χ4n) is 1.89. The Hall–Kier alpha value is -1.08. The highest BCUT2D eigenvalue weighted by Crippen LogP contribution is 2.15. The van der Waals surface area contributed by atoms with Gasteiger partial charge in [-0.05, 0) is 27.3 Å². The number of aryl methyl sites for hydroxylation is 2. The van der Waals surface area contributed by atoms with Gasteiger partial charge in [0, 0.05) is 31.0 Å². The predicted octanol–water partition coefficient (Wildman–Crippen LogP) is 2.19. The number of hydrogen-bond acceptors (Lipinski definition) is 3.